The molecule has 8 heteroatoms. The first-order valence-corrected chi connectivity index (χ1v) is 11.5. The molecule has 0 radical (unpaired) electrons. The average Bonchev–Trinajstić information content (AvgIpc) is 2.84. The van der Waals surface area contributed by atoms with Crippen molar-refractivity contribution in [3.8, 4) is 11.5 Å². The number of amides is 1. The van der Waals surface area contributed by atoms with E-state index >= 15 is 0 Å². The minimum atomic E-state index is -1.64. The van der Waals surface area contributed by atoms with Crippen LogP contribution in [0.5, 0.6) is 11.5 Å². The second kappa shape index (κ2) is 12.1. The number of carboxylic acids is 1. The van der Waals surface area contributed by atoms with E-state index in [0.717, 1.165) is 11.1 Å². The smallest absolute Gasteiger partial charge is 0.408 e. The molecule has 0 saturated carbocycles. The average molecular weight is 494 g/mol. The van der Waals surface area contributed by atoms with Gasteiger partial charge in [0.05, 0.1) is 0 Å². The third-order valence-corrected chi connectivity index (χ3v) is 5.04. The van der Waals surface area contributed by atoms with Crippen molar-refractivity contribution in [2.24, 2.45) is 0 Å². The van der Waals surface area contributed by atoms with Gasteiger partial charge in [0, 0.05) is 0 Å². The number of hydrogen-bond acceptors (Lipinski definition) is 6. The molecule has 0 aliphatic rings. The van der Waals surface area contributed by atoms with Crippen molar-refractivity contribution in [1.82, 2.24) is 5.32 Å². The van der Waals surface area contributed by atoms with E-state index < -0.39 is 29.8 Å². The molecule has 2 atom stereocenters. The predicted octanol–water partition coefficient (Wildman–Crippen LogP) is 4.86. The molecular formula is C28H31NO7. The third kappa shape index (κ3) is 8.02. The molecule has 0 aromatic heterocycles. The van der Waals surface area contributed by atoms with E-state index in [1.165, 1.54) is 12.1 Å². The van der Waals surface area contributed by atoms with E-state index in [2.05, 4.69) is 5.32 Å². The Morgan fingerprint density at radius 1 is 0.833 bits per heavy atom. The van der Waals surface area contributed by atoms with Gasteiger partial charge in [-0.3, -0.25) is 0 Å². The standard InChI is InChI=1S/C28H31NO7/c1-28(2,3)36-27(33)29-24(26(31)32)25(30)21-14-15-22(34-17-19-10-6-4-7-11-19)23(16-21)35-18-20-12-8-5-9-13-20/h4-16,24-25,30H,17-18H2,1-3H3,(H,29,33)(H,31,32)/t24-,25+/m1/s1. The number of alkyl carbamates (subject to hydrolysis) is 1. The SMILES string of the molecule is CC(C)(C)OC(=O)N[C@@H](C(=O)O)[C@@H](O)c1ccc(OCc2ccccc2)c(OCc2ccccc2)c1. The van der Waals surface area contributed by atoms with Crippen molar-refractivity contribution in [3.63, 3.8) is 0 Å². The molecule has 0 fully saturated rings. The Morgan fingerprint density at radius 3 is 1.86 bits per heavy atom. The van der Waals surface area contributed by atoms with Crippen LogP contribution in [0.2, 0.25) is 0 Å². The molecule has 0 bridgehead atoms. The van der Waals surface area contributed by atoms with Crippen molar-refractivity contribution in [2.75, 3.05) is 0 Å². The maximum absolute atomic E-state index is 12.2. The largest absolute Gasteiger partial charge is 0.485 e. The van der Waals surface area contributed by atoms with Crippen molar-refractivity contribution in [1.29, 1.82) is 0 Å². The summed E-state index contributed by atoms with van der Waals surface area (Å²) in [6.45, 7) is 5.50. The number of carbonyl (C=O) groups excluding carboxylic acids is 1. The summed E-state index contributed by atoms with van der Waals surface area (Å²) >= 11 is 0. The van der Waals surface area contributed by atoms with Gasteiger partial charge in [0.15, 0.2) is 17.5 Å². The minimum Gasteiger partial charge on any atom is -0.485 e. The number of nitrogens with one attached hydrogen (secondary N) is 1. The summed E-state index contributed by atoms with van der Waals surface area (Å²) in [6, 6.07) is 22.1. The van der Waals surface area contributed by atoms with Gasteiger partial charge in [-0.05, 0) is 49.6 Å². The van der Waals surface area contributed by atoms with Crippen LogP contribution < -0.4 is 14.8 Å². The van der Waals surface area contributed by atoms with Crippen LogP contribution >= 0.6 is 0 Å². The summed E-state index contributed by atoms with van der Waals surface area (Å²) in [6.07, 6.45) is -2.52. The van der Waals surface area contributed by atoms with E-state index in [-0.39, 0.29) is 12.2 Å². The van der Waals surface area contributed by atoms with Crippen LogP contribution in [0.4, 0.5) is 4.79 Å². The van der Waals surface area contributed by atoms with Gasteiger partial charge < -0.3 is 29.7 Å². The molecule has 0 aliphatic carbocycles. The molecule has 0 aliphatic heterocycles. The van der Waals surface area contributed by atoms with Gasteiger partial charge in [-0.2, -0.15) is 0 Å². The lowest BCUT2D eigenvalue weighted by Crippen LogP contribution is -2.46. The molecule has 0 spiro atoms. The first kappa shape index (κ1) is 26.6. The molecule has 3 N–H and O–H groups in total. The highest BCUT2D eigenvalue weighted by atomic mass is 16.6. The van der Waals surface area contributed by atoms with E-state index in [1.54, 1.807) is 26.8 Å². The normalized spacial score (nSPS) is 12.8. The molecule has 1 amide bonds. The number of hydrogen-bond donors (Lipinski definition) is 3. The zero-order valence-electron chi connectivity index (χ0n) is 20.5. The molecule has 0 heterocycles. The molecule has 8 nitrogen and oxygen atoms in total. The third-order valence-electron chi connectivity index (χ3n) is 5.04. The second-order valence-corrected chi connectivity index (χ2v) is 9.16. The Kier molecular flexibility index (Phi) is 8.91. The molecule has 36 heavy (non-hydrogen) atoms. The molecule has 3 aromatic carbocycles. The fraction of sp³-hybridized carbons (Fsp3) is 0.286. The number of aliphatic carboxylic acids is 1. The molecular weight excluding hydrogens is 462 g/mol. The Bertz CT molecular complexity index is 1140. The van der Waals surface area contributed by atoms with E-state index in [1.807, 2.05) is 60.7 Å². The van der Waals surface area contributed by atoms with Gasteiger partial charge >= 0.3 is 12.1 Å². The van der Waals surface area contributed by atoms with E-state index in [0.29, 0.717) is 18.1 Å². The van der Waals surface area contributed by atoms with Crippen LogP contribution in [-0.2, 0) is 22.7 Å². The van der Waals surface area contributed by atoms with Gasteiger partial charge in [0.25, 0.3) is 0 Å². The zero-order chi connectivity index (χ0) is 26.1. The van der Waals surface area contributed by atoms with Crippen LogP contribution in [0.15, 0.2) is 78.9 Å². The Balaban J connectivity index is 1.83. The summed E-state index contributed by atoms with van der Waals surface area (Å²) < 4.78 is 17.1. The molecule has 3 aromatic rings. The summed E-state index contributed by atoms with van der Waals surface area (Å²) in [4.78, 5) is 24.0. The Morgan fingerprint density at radius 2 is 1.36 bits per heavy atom. The maximum Gasteiger partial charge on any atom is 0.408 e. The van der Waals surface area contributed by atoms with Crippen molar-refractivity contribution < 1.29 is 34.0 Å². The molecule has 190 valence electrons. The van der Waals surface area contributed by atoms with Gasteiger partial charge in [0.1, 0.15) is 24.9 Å². The lowest BCUT2D eigenvalue weighted by atomic mass is 10.0. The summed E-state index contributed by atoms with van der Waals surface area (Å²) in [7, 11) is 0. The number of rotatable bonds is 10. The highest BCUT2D eigenvalue weighted by molar-refractivity contribution is 5.81. The van der Waals surface area contributed by atoms with Gasteiger partial charge in [-0.25, -0.2) is 9.59 Å². The lowest BCUT2D eigenvalue weighted by Gasteiger charge is -2.25. The van der Waals surface area contributed by atoms with Gasteiger partial charge in [-0.15, -0.1) is 0 Å². The van der Waals surface area contributed by atoms with Crippen molar-refractivity contribution in [3.05, 3.63) is 95.6 Å². The van der Waals surface area contributed by atoms with Crippen LogP contribution in [0.25, 0.3) is 0 Å². The monoisotopic (exact) mass is 493 g/mol. The summed E-state index contributed by atoms with van der Waals surface area (Å²) in [5, 5.41) is 22.7. The predicted molar refractivity (Wildman–Crippen MR) is 134 cm³/mol. The first-order chi connectivity index (χ1) is 17.1. The van der Waals surface area contributed by atoms with Crippen molar-refractivity contribution >= 4 is 12.1 Å². The first-order valence-electron chi connectivity index (χ1n) is 11.5. The second-order valence-electron chi connectivity index (χ2n) is 9.16. The number of ether oxygens (including phenoxy) is 3. The van der Waals surface area contributed by atoms with Crippen LogP contribution in [-0.4, -0.2) is 33.9 Å². The van der Waals surface area contributed by atoms with Crippen molar-refractivity contribution in [2.45, 2.75) is 51.7 Å². The lowest BCUT2D eigenvalue weighted by molar-refractivity contribution is -0.142. The fourth-order valence-corrected chi connectivity index (χ4v) is 3.31. The van der Waals surface area contributed by atoms with Crippen LogP contribution in [0, 0.1) is 0 Å². The number of carbonyl (C=O) groups is 2. The molecule has 0 unspecified atom stereocenters. The highest BCUT2D eigenvalue weighted by Gasteiger charge is 2.32. The maximum atomic E-state index is 12.2. The Labute approximate surface area is 210 Å². The minimum absolute atomic E-state index is 0.230. The topological polar surface area (TPSA) is 114 Å². The number of carboxylic acid groups (broad SMARTS) is 1. The van der Waals surface area contributed by atoms with E-state index in [9.17, 15) is 19.8 Å². The van der Waals surface area contributed by atoms with E-state index in [4.69, 9.17) is 14.2 Å². The molecule has 0 saturated heterocycles. The fourth-order valence-electron chi connectivity index (χ4n) is 3.31. The van der Waals surface area contributed by atoms with Gasteiger partial charge in [-0.1, -0.05) is 66.7 Å². The number of aliphatic hydroxyl groups is 1. The summed E-state index contributed by atoms with van der Waals surface area (Å²) in [5.74, 6) is -0.657. The van der Waals surface area contributed by atoms with Gasteiger partial charge in [0.2, 0.25) is 0 Å². The summed E-state index contributed by atoms with van der Waals surface area (Å²) in [5.41, 5.74) is 1.29. The number of benzene rings is 3. The number of aliphatic hydroxyl groups excluding tert-OH is 1. The van der Waals surface area contributed by atoms with Crippen LogP contribution in [0.1, 0.15) is 43.6 Å². The quantitative estimate of drug-likeness (QED) is 0.370. The van der Waals surface area contributed by atoms with Crippen LogP contribution in [0.3, 0.4) is 0 Å². The Hall–Kier alpha value is -4.04. The zero-order valence-corrected chi connectivity index (χ0v) is 20.5. The molecule has 3 rings (SSSR count). The highest BCUT2D eigenvalue weighted by Crippen LogP contribution is 2.33.